The third kappa shape index (κ3) is 5.24. The second-order valence-electron chi connectivity index (χ2n) is 4.69. The van der Waals surface area contributed by atoms with Crippen LogP contribution in [0.3, 0.4) is 0 Å². The molecule has 122 valence electrons. The molecule has 0 saturated heterocycles. The van der Waals surface area contributed by atoms with E-state index in [4.69, 9.17) is 20.7 Å². The van der Waals surface area contributed by atoms with Crippen molar-refractivity contribution in [3.8, 4) is 5.75 Å². The Morgan fingerprint density at radius 3 is 2.35 bits per heavy atom. The van der Waals surface area contributed by atoms with Gasteiger partial charge in [0.1, 0.15) is 12.4 Å². The fourth-order valence-electron chi connectivity index (χ4n) is 1.83. The van der Waals surface area contributed by atoms with E-state index in [1.54, 1.807) is 18.2 Å². The van der Waals surface area contributed by atoms with Gasteiger partial charge in [0.25, 0.3) is 0 Å². The summed E-state index contributed by atoms with van der Waals surface area (Å²) in [6, 6.07) is 12.5. The summed E-state index contributed by atoms with van der Waals surface area (Å²) in [4.78, 5) is 0. The van der Waals surface area contributed by atoms with Gasteiger partial charge in [0, 0.05) is 18.3 Å². The third-order valence-corrected chi connectivity index (χ3v) is 2.94. The third-order valence-electron chi connectivity index (χ3n) is 2.94. The number of aliphatic hydroxyl groups is 2. The minimum absolute atomic E-state index is 0.0815. The summed E-state index contributed by atoms with van der Waals surface area (Å²) in [6.07, 6.45) is 0. The number of hydrogen-bond acceptors (Lipinski definition) is 7. The molecule has 7 heteroatoms. The molecule has 0 aliphatic carbocycles. The lowest BCUT2D eigenvalue weighted by atomic mass is 10.2. The van der Waals surface area contributed by atoms with Crippen LogP contribution in [0.1, 0.15) is 0 Å². The summed E-state index contributed by atoms with van der Waals surface area (Å²) in [5.41, 5.74) is 8.49. The predicted molar refractivity (Wildman–Crippen MR) is 89.6 cm³/mol. The van der Waals surface area contributed by atoms with Crippen molar-refractivity contribution < 1.29 is 14.9 Å². The van der Waals surface area contributed by atoms with Gasteiger partial charge in [-0.25, -0.2) is 0 Å². The second kappa shape index (κ2) is 8.72. The molecule has 0 aromatic heterocycles. The molecule has 0 aliphatic heterocycles. The van der Waals surface area contributed by atoms with Gasteiger partial charge in [0.05, 0.1) is 30.3 Å². The van der Waals surface area contributed by atoms with E-state index >= 15 is 0 Å². The van der Waals surface area contributed by atoms with E-state index < -0.39 is 0 Å². The summed E-state index contributed by atoms with van der Waals surface area (Å²) >= 11 is 0. The number of benzene rings is 2. The first-order chi connectivity index (χ1) is 11.2. The number of azo groups is 1. The first-order valence-electron chi connectivity index (χ1n) is 7.22. The van der Waals surface area contributed by atoms with Crippen LogP contribution in [0.4, 0.5) is 22.7 Å². The van der Waals surface area contributed by atoms with E-state index in [1.807, 2.05) is 24.3 Å². The number of anilines is 2. The summed E-state index contributed by atoms with van der Waals surface area (Å²) in [7, 11) is 0. The van der Waals surface area contributed by atoms with Gasteiger partial charge in [0.2, 0.25) is 0 Å². The average molecular weight is 316 g/mol. The van der Waals surface area contributed by atoms with Gasteiger partial charge in [-0.1, -0.05) is 0 Å². The van der Waals surface area contributed by atoms with Crippen molar-refractivity contribution in [3.05, 3.63) is 42.5 Å². The highest BCUT2D eigenvalue weighted by molar-refractivity contribution is 5.59. The van der Waals surface area contributed by atoms with Crippen LogP contribution in [-0.4, -0.2) is 36.6 Å². The molecule has 2 aromatic carbocycles. The molecule has 0 spiro atoms. The maximum Gasteiger partial charge on any atom is 0.144 e. The highest BCUT2D eigenvalue weighted by Crippen LogP contribution is 2.28. The van der Waals surface area contributed by atoms with Crippen LogP contribution < -0.4 is 15.8 Å². The van der Waals surface area contributed by atoms with Crippen LogP contribution in [0.25, 0.3) is 0 Å². The lowest BCUT2D eigenvalue weighted by Crippen LogP contribution is -2.04. The van der Waals surface area contributed by atoms with Crippen LogP contribution in [-0.2, 0) is 0 Å². The molecule has 23 heavy (non-hydrogen) atoms. The Bertz CT molecular complexity index is 644. The minimum Gasteiger partial charge on any atom is -0.489 e. The number of nitrogens with two attached hydrogens (primary N) is 1. The van der Waals surface area contributed by atoms with Gasteiger partial charge in [-0.3, -0.25) is 0 Å². The molecule has 7 nitrogen and oxygen atoms in total. The fraction of sp³-hybridized carbons (Fsp3) is 0.250. The normalized spacial score (nSPS) is 10.9. The SMILES string of the molecule is Nc1ccc(N=Nc2ccc(NCCO)cc2)cc1OCCO. The zero-order valence-corrected chi connectivity index (χ0v) is 12.6. The Labute approximate surface area is 134 Å². The smallest absolute Gasteiger partial charge is 0.144 e. The molecule has 0 fully saturated rings. The number of nitrogens with zero attached hydrogens (tertiary/aromatic N) is 2. The number of nitrogens with one attached hydrogen (secondary N) is 1. The van der Waals surface area contributed by atoms with Crippen molar-refractivity contribution in [2.24, 2.45) is 10.2 Å². The molecular weight excluding hydrogens is 296 g/mol. The fourth-order valence-corrected chi connectivity index (χ4v) is 1.83. The number of rotatable bonds is 8. The summed E-state index contributed by atoms with van der Waals surface area (Å²) in [5, 5.41) is 28.9. The van der Waals surface area contributed by atoms with Crippen molar-refractivity contribution in [1.82, 2.24) is 0 Å². The topological polar surface area (TPSA) is 112 Å². The number of aliphatic hydroxyl groups excluding tert-OH is 2. The minimum atomic E-state index is -0.0815. The summed E-state index contributed by atoms with van der Waals surface area (Å²) in [6.45, 7) is 0.678. The maximum absolute atomic E-state index is 8.79. The van der Waals surface area contributed by atoms with Crippen LogP contribution in [0.5, 0.6) is 5.75 Å². The van der Waals surface area contributed by atoms with E-state index in [9.17, 15) is 0 Å². The van der Waals surface area contributed by atoms with Crippen molar-refractivity contribution in [1.29, 1.82) is 0 Å². The van der Waals surface area contributed by atoms with Crippen LogP contribution >= 0.6 is 0 Å². The molecule has 0 unspecified atom stereocenters. The number of ether oxygens (including phenoxy) is 1. The lowest BCUT2D eigenvalue weighted by molar-refractivity contribution is 0.202. The molecule has 0 aliphatic rings. The van der Waals surface area contributed by atoms with Crippen molar-refractivity contribution in [3.63, 3.8) is 0 Å². The molecule has 0 radical (unpaired) electrons. The Morgan fingerprint density at radius 2 is 1.65 bits per heavy atom. The Kier molecular flexibility index (Phi) is 6.34. The Morgan fingerprint density at radius 1 is 0.957 bits per heavy atom. The summed E-state index contributed by atoms with van der Waals surface area (Å²) < 4.78 is 5.33. The number of nitrogen functional groups attached to an aromatic ring is 1. The molecule has 5 N–H and O–H groups in total. The van der Waals surface area contributed by atoms with Gasteiger partial charge >= 0.3 is 0 Å². The van der Waals surface area contributed by atoms with Crippen molar-refractivity contribution in [2.75, 3.05) is 37.4 Å². The Hall–Kier alpha value is -2.64. The highest BCUT2D eigenvalue weighted by atomic mass is 16.5. The molecule has 2 rings (SSSR count). The second-order valence-corrected chi connectivity index (χ2v) is 4.69. The van der Waals surface area contributed by atoms with Crippen LogP contribution in [0.15, 0.2) is 52.7 Å². The molecule has 2 aromatic rings. The molecule has 0 saturated carbocycles. The van der Waals surface area contributed by atoms with Crippen LogP contribution in [0.2, 0.25) is 0 Å². The summed E-state index contributed by atoms with van der Waals surface area (Å²) in [5.74, 6) is 0.471. The largest absolute Gasteiger partial charge is 0.489 e. The van der Waals surface area contributed by atoms with Crippen molar-refractivity contribution >= 4 is 22.7 Å². The van der Waals surface area contributed by atoms with Gasteiger partial charge < -0.3 is 26.0 Å². The predicted octanol–water partition coefficient (Wildman–Crippen LogP) is 2.46. The van der Waals surface area contributed by atoms with E-state index in [0.717, 1.165) is 5.69 Å². The van der Waals surface area contributed by atoms with Gasteiger partial charge in [-0.15, -0.1) is 0 Å². The monoisotopic (exact) mass is 316 g/mol. The Balaban J connectivity index is 2.04. The molecular formula is C16H20N4O3. The number of hydrogen-bond donors (Lipinski definition) is 4. The highest BCUT2D eigenvalue weighted by Gasteiger charge is 2.02. The maximum atomic E-state index is 8.79. The van der Waals surface area contributed by atoms with E-state index in [0.29, 0.717) is 29.4 Å². The van der Waals surface area contributed by atoms with Crippen molar-refractivity contribution in [2.45, 2.75) is 0 Å². The molecule has 0 heterocycles. The molecule has 0 bridgehead atoms. The van der Waals surface area contributed by atoms with Gasteiger partial charge in [-0.05, 0) is 36.4 Å². The van der Waals surface area contributed by atoms with E-state index in [2.05, 4.69) is 15.5 Å². The van der Waals surface area contributed by atoms with E-state index in [1.165, 1.54) is 0 Å². The zero-order valence-electron chi connectivity index (χ0n) is 12.6. The molecule has 0 atom stereocenters. The zero-order chi connectivity index (χ0) is 16.5. The quantitative estimate of drug-likeness (QED) is 0.441. The molecule has 0 amide bonds. The first kappa shape index (κ1) is 16.7. The standard InChI is InChI=1S/C16H20N4O3/c17-15-6-5-14(11-16(15)23-10-9-22)20-19-13-3-1-12(2-4-13)18-7-8-21/h1-6,11,18,21-22H,7-10,17H2. The van der Waals surface area contributed by atoms with Gasteiger partial charge in [-0.2, -0.15) is 10.2 Å². The van der Waals surface area contributed by atoms with Gasteiger partial charge in [0.15, 0.2) is 0 Å². The van der Waals surface area contributed by atoms with E-state index in [-0.39, 0.29) is 19.8 Å². The van der Waals surface area contributed by atoms with Crippen LogP contribution in [0, 0.1) is 0 Å². The first-order valence-corrected chi connectivity index (χ1v) is 7.22. The average Bonchev–Trinajstić information content (AvgIpc) is 2.59. The lowest BCUT2D eigenvalue weighted by Gasteiger charge is -2.07.